The van der Waals surface area contributed by atoms with Crippen molar-refractivity contribution >= 4 is 29.2 Å². The second kappa shape index (κ2) is 4.70. The first-order chi connectivity index (χ1) is 6.97. The third-order valence-corrected chi connectivity index (χ3v) is 2.43. The third kappa shape index (κ3) is 2.53. The lowest BCUT2D eigenvalue weighted by atomic mass is 10.1. The molecule has 0 fully saturated rings. The van der Waals surface area contributed by atoms with Gasteiger partial charge in [0.2, 0.25) is 0 Å². The van der Waals surface area contributed by atoms with Crippen molar-refractivity contribution in [1.29, 1.82) is 0 Å². The van der Waals surface area contributed by atoms with Crippen LogP contribution in [0.15, 0.2) is 12.1 Å². The molecule has 1 aromatic carbocycles. The quantitative estimate of drug-likeness (QED) is 0.786. The number of halogens is 2. The van der Waals surface area contributed by atoms with E-state index >= 15 is 0 Å². The molecule has 82 valence electrons. The Morgan fingerprint density at radius 3 is 2.33 bits per heavy atom. The normalized spacial score (nSPS) is 12.3. The van der Waals surface area contributed by atoms with E-state index < -0.39 is 12.0 Å². The number of hydrogen-bond donors (Lipinski definition) is 2. The van der Waals surface area contributed by atoms with E-state index in [1.54, 1.807) is 0 Å². The zero-order valence-electron chi connectivity index (χ0n) is 7.83. The number of phenolic OH excluding ortho intramolecular Hbond substituents is 1. The Morgan fingerprint density at radius 2 is 1.93 bits per heavy atom. The van der Waals surface area contributed by atoms with Gasteiger partial charge in [-0.15, -0.1) is 0 Å². The van der Waals surface area contributed by atoms with Gasteiger partial charge in [-0.05, 0) is 17.7 Å². The molecule has 0 aliphatic rings. The molecule has 0 spiro atoms. The van der Waals surface area contributed by atoms with Crippen LogP contribution in [0.25, 0.3) is 0 Å². The summed E-state index contributed by atoms with van der Waals surface area (Å²) in [5.41, 5.74) is 5.95. The van der Waals surface area contributed by atoms with Gasteiger partial charge in [0.15, 0.2) is 5.75 Å². The molecule has 0 aromatic heterocycles. The Hall–Kier alpha value is -0.970. The van der Waals surface area contributed by atoms with Crippen LogP contribution >= 0.6 is 23.2 Å². The molecule has 0 saturated carbocycles. The Balaban J connectivity index is 3.11. The monoisotopic (exact) mass is 249 g/mol. The average Bonchev–Trinajstić information content (AvgIpc) is 2.23. The molecule has 0 aliphatic heterocycles. The van der Waals surface area contributed by atoms with Crippen molar-refractivity contribution in [2.75, 3.05) is 7.11 Å². The van der Waals surface area contributed by atoms with Crippen molar-refractivity contribution in [3.63, 3.8) is 0 Å². The number of ether oxygens (including phenoxy) is 1. The first kappa shape index (κ1) is 12.1. The summed E-state index contributed by atoms with van der Waals surface area (Å²) in [7, 11) is 1.23. The molecule has 0 unspecified atom stereocenters. The molecule has 1 atom stereocenters. The van der Waals surface area contributed by atoms with Gasteiger partial charge in [0.05, 0.1) is 17.2 Å². The van der Waals surface area contributed by atoms with Crippen LogP contribution in [-0.2, 0) is 9.53 Å². The lowest BCUT2D eigenvalue weighted by Gasteiger charge is -2.11. The number of esters is 1. The number of benzene rings is 1. The summed E-state index contributed by atoms with van der Waals surface area (Å²) in [6.07, 6.45) is 0. The van der Waals surface area contributed by atoms with Crippen LogP contribution in [0.2, 0.25) is 10.0 Å². The van der Waals surface area contributed by atoms with E-state index in [9.17, 15) is 9.90 Å². The van der Waals surface area contributed by atoms with Gasteiger partial charge in [0.25, 0.3) is 0 Å². The van der Waals surface area contributed by atoms with Crippen LogP contribution in [0.3, 0.4) is 0 Å². The Bertz CT molecular complexity index is 372. The molecule has 0 radical (unpaired) electrons. The SMILES string of the molecule is COC(=O)[C@H](N)c1cc(Cl)c(O)c(Cl)c1. The minimum atomic E-state index is -0.967. The summed E-state index contributed by atoms with van der Waals surface area (Å²) in [6.45, 7) is 0. The number of aromatic hydroxyl groups is 1. The zero-order chi connectivity index (χ0) is 11.6. The van der Waals surface area contributed by atoms with E-state index in [0.29, 0.717) is 5.56 Å². The summed E-state index contributed by atoms with van der Waals surface area (Å²) in [5.74, 6) is -0.841. The molecule has 6 heteroatoms. The Kier molecular flexibility index (Phi) is 3.79. The number of phenols is 1. The second-order valence-electron chi connectivity index (χ2n) is 2.83. The van der Waals surface area contributed by atoms with Gasteiger partial charge in [-0.2, -0.15) is 0 Å². The molecule has 0 amide bonds. The first-order valence-corrected chi connectivity index (χ1v) is 4.74. The van der Waals surface area contributed by atoms with E-state index in [4.69, 9.17) is 28.9 Å². The highest BCUT2D eigenvalue weighted by Crippen LogP contribution is 2.34. The molecular formula is C9H9Cl2NO3. The molecule has 1 aromatic rings. The highest BCUT2D eigenvalue weighted by atomic mass is 35.5. The largest absolute Gasteiger partial charge is 0.505 e. The van der Waals surface area contributed by atoms with Gasteiger partial charge in [-0.1, -0.05) is 23.2 Å². The zero-order valence-corrected chi connectivity index (χ0v) is 9.34. The maximum Gasteiger partial charge on any atom is 0.327 e. The highest BCUT2D eigenvalue weighted by Gasteiger charge is 2.18. The van der Waals surface area contributed by atoms with E-state index in [1.165, 1.54) is 19.2 Å². The summed E-state index contributed by atoms with van der Waals surface area (Å²) in [6, 6.07) is 1.76. The number of nitrogens with two attached hydrogens (primary N) is 1. The van der Waals surface area contributed by atoms with Crippen LogP contribution in [0.1, 0.15) is 11.6 Å². The number of carbonyl (C=O) groups is 1. The summed E-state index contributed by atoms with van der Waals surface area (Å²) >= 11 is 11.3. The fourth-order valence-corrected chi connectivity index (χ4v) is 1.53. The number of rotatable bonds is 2. The lowest BCUT2D eigenvalue weighted by Crippen LogP contribution is -2.22. The molecule has 0 heterocycles. The molecule has 0 bridgehead atoms. The third-order valence-electron chi connectivity index (χ3n) is 1.85. The van der Waals surface area contributed by atoms with Crippen molar-refractivity contribution in [2.45, 2.75) is 6.04 Å². The first-order valence-electron chi connectivity index (χ1n) is 3.98. The van der Waals surface area contributed by atoms with E-state index in [0.717, 1.165) is 0 Å². The molecular weight excluding hydrogens is 241 g/mol. The van der Waals surface area contributed by atoms with Crippen molar-refractivity contribution in [3.8, 4) is 5.75 Å². The van der Waals surface area contributed by atoms with Gasteiger partial charge in [-0.3, -0.25) is 4.79 Å². The minimum absolute atomic E-state index is 0.0388. The molecule has 3 N–H and O–H groups in total. The molecule has 4 nitrogen and oxygen atoms in total. The van der Waals surface area contributed by atoms with Crippen molar-refractivity contribution < 1.29 is 14.6 Å². The second-order valence-corrected chi connectivity index (χ2v) is 3.65. The smallest absolute Gasteiger partial charge is 0.327 e. The van der Waals surface area contributed by atoms with Crippen molar-refractivity contribution in [3.05, 3.63) is 27.7 Å². The lowest BCUT2D eigenvalue weighted by molar-refractivity contribution is -0.142. The molecule has 0 aliphatic carbocycles. The van der Waals surface area contributed by atoms with Gasteiger partial charge in [-0.25, -0.2) is 0 Å². The maximum atomic E-state index is 11.1. The van der Waals surface area contributed by atoms with Crippen LogP contribution in [0.4, 0.5) is 0 Å². The van der Waals surface area contributed by atoms with Gasteiger partial charge in [0, 0.05) is 0 Å². The standard InChI is InChI=1S/C9H9Cl2NO3/c1-15-9(14)7(12)4-2-5(10)8(13)6(11)3-4/h2-3,7,13H,12H2,1H3/t7-/m1/s1. The number of methoxy groups -OCH3 is 1. The van der Waals surface area contributed by atoms with Gasteiger partial charge < -0.3 is 15.6 Å². The Labute approximate surface area is 96.5 Å². The van der Waals surface area contributed by atoms with Gasteiger partial charge in [0.1, 0.15) is 6.04 Å². The highest BCUT2D eigenvalue weighted by molar-refractivity contribution is 6.37. The van der Waals surface area contributed by atoms with E-state index in [-0.39, 0.29) is 15.8 Å². The Morgan fingerprint density at radius 1 is 1.47 bits per heavy atom. The number of carbonyl (C=O) groups excluding carboxylic acids is 1. The summed E-state index contributed by atoms with van der Waals surface area (Å²) in [5, 5.41) is 9.36. The van der Waals surface area contributed by atoms with E-state index in [2.05, 4.69) is 4.74 Å². The van der Waals surface area contributed by atoms with Crippen LogP contribution < -0.4 is 5.73 Å². The molecule has 0 saturated heterocycles. The number of hydrogen-bond acceptors (Lipinski definition) is 4. The van der Waals surface area contributed by atoms with Crippen LogP contribution in [0.5, 0.6) is 5.75 Å². The molecule has 15 heavy (non-hydrogen) atoms. The predicted octanol–water partition coefficient (Wildman–Crippen LogP) is 1.87. The minimum Gasteiger partial charge on any atom is -0.505 e. The summed E-state index contributed by atoms with van der Waals surface area (Å²) in [4.78, 5) is 11.1. The topological polar surface area (TPSA) is 72.5 Å². The van der Waals surface area contributed by atoms with Crippen LogP contribution in [-0.4, -0.2) is 18.2 Å². The predicted molar refractivity (Wildman–Crippen MR) is 57.1 cm³/mol. The fraction of sp³-hybridized carbons (Fsp3) is 0.222. The fourth-order valence-electron chi connectivity index (χ4n) is 1.03. The van der Waals surface area contributed by atoms with Crippen LogP contribution in [0, 0.1) is 0 Å². The summed E-state index contributed by atoms with van der Waals surface area (Å²) < 4.78 is 4.46. The van der Waals surface area contributed by atoms with E-state index in [1.807, 2.05) is 0 Å². The average molecular weight is 250 g/mol. The molecule has 1 rings (SSSR count). The van der Waals surface area contributed by atoms with Crippen molar-refractivity contribution in [1.82, 2.24) is 0 Å². The van der Waals surface area contributed by atoms with Gasteiger partial charge >= 0.3 is 5.97 Å². The van der Waals surface area contributed by atoms with Crippen molar-refractivity contribution in [2.24, 2.45) is 5.73 Å². The maximum absolute atomic E-state index is 11.1.